The molecule has 9 heteroatoms. The van der Waals surface area contributed by atoms with Crippen LogP contribution in [0.1, 0.15) is 11.1 Å². The number of carbonyl (C=O) groups excluding carboxylic acids is 1. The lowest BCUT2D eigenvalue weighted by Crippen LogP contribution is -2.24. The summed E-state index contributed by atoms with van der Waals surface area (Å²) in [6.45, 7) is 0.269. The minimum absolute atomic E-state index is 0.0486. The lowest BCUT2D eigenvalue weighted by molar-refractivity contribution is -0.385. The van der Waals surface area contributed by atoms with Gasteiger partial charge >= 0.3 is 5.69 Å². The number of nitro groups is 1. The van der Waals surface area contributed by atoms with Crippen LogP contribution in [0, 0.1) is 10.1 Å². The number of hydrogen-bond donors (Lipinski definition) is 1. The van der Waals surface area contributed by atoms with E-state index in [0.717, 1.165) is 22.5 Å². The fraction of sp³-hybridized carbons (Fsp3) is 0.0833. The van der Waals surface area contributed by atoms with E-state index >= 15 is 0 Å². The van der Waals surface area contributed by atoms with Crippen LogP contribution in [0.3, 0.4) is 0 Å². The molecule has 33 heavy (non-hydrogen) atoms. The average Bonchev–Trinajstić information content (AvgIpc) is 3.16. The molecule has 1 aromatic heterocycles. The fourth-order valence-corrected chi connectivity index (χ4v) is 3.56. The molecule has 0 bridgehead atoms. The average molecular weight is 463 g/mol. The fourth-order valence-electron chi connectivity index (χ4n) is 3.39. The molecule has 0 aliphatic heterocycles. The highest BCUT2D eigenvalue weighted by Gasteiger charge is 2.16. The van der Waals surface area contributed by atoms with Gasteiger partial charge in [0.2, 0.25) is 0 Å². The van der Waals surface area contributed by atoms with Crippen molar-refractivity contribution >= 4 is 40.3 Å². The van der Waals surface area contributed by atoms with E-state index in [4.69, 9.17) is 16.3 Å². The maximum atomic E-state index is 12.1. The summed E-state index contributed by atoms with van der Waals surface area (Å²) in [6.07, 6.45) is 3.54. The van der Waals surface area contributed by atoms with Gasteiger partial charge in [-0.15, -0.1) is 0 Å². The van der Waals surface area contributed by atoms with E-state index in [2.05, 4.69) is 27.2 Å². The van der Waals surface area contributed by atoms with Crippen molar-refractivity contribution in [3.63, 3.8) is 0 Å². The van der Waals surface area contributed by atoms with Crippen LogP contribution in [0.4, 0.5) is 5.69 Å². The Hall–Kier alpha value is -4.17. The second-order valence-corrected chi connectivity index (χ2v) is 7.60. The van der Waals surface area contributed by atoms with E-state index in [9.17, 15) is 14.9 Å². The number of nitrogens with zero attached hydrogens (tertiary/aromatic N) is 3. The SMILES string of the molecule is O=C(COc1ccc(Cl)cc1[N+](=O)[O-])N/N=C\c1cn(Cc2ccccc2)c2ccccc12. The molecule has 0 saturated heterocycles. The van der Waals surface area contributed by atoms with Crippen LogP contribution in [0.25, 0.3) is 10.9 Å². The molecule has 4 rings (SSSR count). The minimum atomic E-state index is -0.623. The Balaban J connectivity index is 1.43. The highest BCUT2D eigenvalue weighted by Crippen LogP contribution is 2.29. The Bertz CT molecular complexity index is 1340. The molecule has 0 aliphatic rings. The number of aromatic nitrogens is 1. The number of nitrogens with one attached hydrogen (secondary N) is 1. The number of hydrazone groups is 1. The molecule has 3 aromatic carbocycles. The number of amides is 1. The molecular formula is C24H19ClN4O4. The maximum Gasteiger partial charge on any atom is 0.312 e. The van der Waals surface area contributed by atoms with E-state index in [1.807, 2.05) is 48.7 Å². The Kier molecular flexibility index (Phi) is 6.66. The van der Waals surface area contributed by atoms with Crippen molar-refractivity contribution in [3.05, 3.63) is 105 Å². The quantitative estimate of drug-likeness (QED) is 0.231. The van der Waals surface area contributed by atoms with Gasteiger partial charge in [0.05, 0.1) is 11.1 Å². The molecule has 1 amide bonds. The third-order valence-electron chi connectivity index (χ3n) is 4.88. The molecule has 166 valence electrons. The number of carbonyl (C=O) groups is 1. The smallest absolute Gasteiger partial charge is 0.312 e. The number of nitro benzene ring substituents is 1. The van der Waals surface area contributed by atoms with Gasteiger partial charge in [-0.05, 0) is 23.8 Å². The van der Waals surface area contributed by atoms with E-state index in [1.165, 1.54) is 17.7 Å². The first-order valence-corrected chi connectivity index (χ1v) is 10.4. The Morgan fingerprint density at radius 3 is 2.67 bits per heavy atom. The third-order valence-corrected chi connectivity index (χ3v) is 5.12. The lowest BCUT2D eigenvalue weighted by Gasteiger charge is -2.05. The normalized spacial score (nSPS) is 11.1. The number of para-hydroxylation sites is 1. The summed E-state index contributed by atoms with van der Waals surface area (Å²) < 4.78 is 7.39. The van der Waals surface area contributed by atoms with E-state index in [0.29, 0.717) is 6.54 Å². The second-order valence-electron chi connectivity index (χ2n) is 7.17. The van der Waals surface area contributed by atoms with E-state index < -0.39 is 17.4 Å². The number of hydrogen-bond acceptors (Lipinski definition) is 5. The van der Waals surface area contributed by atoms with Gasteiger partial charge in [-0.3, -0.25) is 14.9 Å². The van der Waals surface area contributed by atoms with Crippen molar-refractivity contribution in [1.29, 1.82) is 0 Å². The highest BCUT2D eigenvalue weighted by atomic mass is 35.5. The number of rotatable bonds is 8. The molecule has 4 aromatic rings. The molecular weight excluding hydrogens is 444 g/mol. The summed E-state index contributed by atoms with van der Waals surface area (Å²) in [6, 6.07) is 22.0. The topological polar surface area (TPSA) is 98.8 Å². The van der Waals surface area contributed by atoms with Gasteiger partial charge < -0.3 is 9.30 Å². The van der Waals surface area contributed by atoms with Crippen molar-refractivity contribution < 1.29 is 14.5 Å². The van der Waals surface area contributed by atoms with Gasteiger partial charge in [-0.1, -0.05) is 60.1 Å². The number of benzene rings is 3. The van der Waals surface area contributed by atoms with Gasteiger partial charge in [0.1, 0.15) is 0 Å². The minimum Gasteiger partial charge on any atom is -0.477 e. The highest BCUT2D eigenvalue weighted by molar-refractivity contribution is 6.30. The van der Waals surface area contributed by atoms with Crippen molar-refractivity contribution in [3.8, 4) is 5.75 Å². The van der Waals surface area contributed by atoms with Gasteiger partial charge in [0, 0.05) is 40.3 Å². The van der Waals surface area contributed by atoms with E-state index in [1.54, 1.807) is 6.21 Å². The molecule has 0 radical (unpaired) electrons. The van der Waals surface area contributed by atoms with Crippen LogP contribution in [0.15, 0.2) is 84.1 Å². The molecule has 0 unspecified atom stereocenters. The van der Waals surface area contributed by atoms with Crippen molar-refractivity contribution in [2.45, 2.75) is 6.54 Å². The molecule has 0 atom stereocenters. The molecule has 0 aliphatic carbocycles. The van der Waals surface area contributed by atoms with Crippen molar-refractivity contribution in [2.24, 2.45) is 5.10 Å². The predicted molar refractivity (Wildman–Crippen MR) is 127 cm³/mol. The number of fused-ring (bicyclic) bond motifs is 1. The maximum absolute atomic E-state index is 12.1. The summed E-state index contributed by atoms with van der Waals surface area (Å²) in [4.78, 5) is 22.6. The van der Waals surface area contributed by atoms with Crippen LogP contribution < -0.4 is 10.2 Å². The van der Waals surface area contributed by atoms with Crippen molar-refractivity contribution in [2.75, 3.05) is 6.61 Å². The summed E-state index contributed by atoms with van der Waals surface area (Å²) in [7, 11) is 0. The molecule has 1 N–H and O–H groups in total. The van der Waals surface area contributed by atoms with Gasteiger partial charge in [-0.2, -0.15) is 5.10 Å². The summed E-state index contributed by atoms with van der Waals surface area (Å²) in [5.41, 5.74) is 5.13. The first kappa shape index (κ1) is 22.0. The molecule has 1 heterocycles. The predicted octanol–water partition coefficient (Wildman–Crippen LogP) is 4.78. The first-order valence-electron chi connectivity index (χ1n) is 10.0. The zero-order chi connectivity index (χ0) is 23.2. The summed E-state index contributed by atoms with van der Waals surface area (Å²) >= 11 is 5.78. The standard InChI is InChI=1S/C24H19ClN4O4/c25-19-10-11-23(22(12-19)29(31)32)33-16-24(30)27-26-13-18-15-28(14-17-6-2-1-3-7-17)21-9-5-4-8-20(18)21/h1-13,15H,14,16H2,(H,27,30)/b26-13-. The van der Waals surface area contributed by atoms with Gasteiger partial charge in [0.25, 0.3) is 5.91 Å². The zero-order valence-electron chi connectivity index (χ0n) is 17.3. The Morgan fingerprint density at radius 2 is 1.88 bits per heavy atom. The van der Waals surface area contributed by atoms with Crippen LogP contribution in [0.2, 0.25) is 5.02 Å². The van der Waals surface area contributed by atoms with Gasteiger partial charge in [0.15, 0.2) is 12.4 Å². The monoisotopic (exact) mass is 462 g/mol. The zero-order valence-corrected chi connectivity index (χ0v) is 18.1. The second kappa shape index (κ2) is 9.97. The molecule has 0 spiro atoms. The number of halogens is 1. The van der Waals surface area contributed by atoms with Crippen LogP contribution in [0.5, 0.6) is 5.75 Å². The molecule has 8 nitrogen and oxygen atoms in total. The Labute approximate surface area is 194 Å². The molecule has 0 saturated carbocycles. The van der Waals surface area contributed by atoms with Crippen molar-refractivity contribution in [1.82, 2.24) is 9.99 Å². The first-order chi connectivity index (χ1) is 16.0. The van der Waals surface area contributed by atoms with Gasteiger partial charge in [-0.25, -0.2) is 5.43 Å². The van der Waals surface area contributed by atoms with E-state index in [-0.39, 0.29) is 16.5 Å². The number of ether oxygens (including phenoxy) is 1. The molecule has 0 fully saturated rings. The summed E-state index contributed by atoms with van der Waals surface area (Å²) in [5, 5.41) is 16.3. The van der Waals surface area contributed by atoms with Crippen LogP contribution >= 0.6 is 11.6 Å². The van der Waals surface area contributed by atoms with Crippen LogP contribution in [-0.4, -0.2) is 28.2 Å². The lowest BCUT2D eigenvalue weighted by atomic mass is 10.2. The van der Waals surface area contributed by atoms with Crippen LogP contribution in [-0.2, 0) is 11.3 Å². The largest absolute Gasteiger partial charge is 0.477 e. The third kappa shape index (κ3) is 5.36. The Morgan fingerprint density at radius 1 is 1.12 bits per heavy atom. The summed E-state index contributed by atoms with van der Waals surface area (Å²) in [5.74, 6) is -0.601.